The summed E-state index contributed by atoms with van der Waals surface area (Å²) in [6.45, 7) is 10.00. The SMILES string of the molecule is [CH2-][NH2+][C@@H]1C2(C)CC[C@@H]3[C@H](C2)[C@@H](C(C)C)C[C@@]31C. The summed E-state index contributed by atoms with van der Waals surface area (Å²) < 4.78 is 0. The number of nitrogens with two attached hydrogens (primary N) is 1. The van der Waals surface area contributed by atoms with E-state index in [1.807, 2.05) is 0 Å². The molecule has 1 unspecified atom stereocenters. The minimum absolute atomic E-state index is 0.569. The van der Waals surface area contributed by atoms with Gasteiger partial charge in [-0.1, -0.05) is 27.7 Å². The van der Waals surface area contributed by atoms with Gasteiger partial charge in [0, 0.05) is 10.8 Å². The average molecular weight is 235 g/mol. The van der Waals surface area contributed by atoms with Crippen LogP contribution in [0.15, 0.2) is 0 Å². The second-order valence-electron chi connectivity index (χ2n) is 8.00. The van der Waals surface area contributed by atoms with Crippen molar-refractivity contribution >= 4 is 0 Å². The van der Waals surface area contributed by atoms with Crippen LogP contribution in [0.4, 0.5) is 0 Å². The van der Waals surface area contributed by atoms with Gasteiger partial charge < -0.3 is 5.32 Å². The molecule has 0 aromatic carbocycles. The Bertz CT molecular complexity index is 323. The van der Waals surface area contributed by atoms with Gasteiger partial charge in [0.25, 0.3) is 0 Å². The Morgan fingerprint density at radius 1 is 1.24 bits per heavy atom. The van der Waals surface area contributed by atoms with E-state index in [9.17, 15) is 0 Å². The zero-order valence-corrected chi connectivity index (χ0v) is 12.0. The van der Waals surface area contributed by atoms with Gasteiger partial charge in [-0.25, -0.2) is 0 Å². The molecule has 0 radical (unpaired) electrons. The highest BCUT2D eigenvalue weighted by Gasteiger charge is 2.67. The van der Waals surface area contributed by atoms with Crippen molar-refractivity contribution in [3.05, 3.63) is 7.05 Å². The van der Waals surface area contributed by atoms with Gasteiger partial charge in [0.2, 0.25) is 0 Å². The van der Waals surface area contributed by atoms with Crippen molar-refractivity contribution in [2.24, 2.45) is 34.5 Å². The zero-order chi connectivity index (χ0) is 12.4. The normalized spacial score (nSPS) is 56.8. The first kappa shape index (κ1) is 12.0. The van der Waals surface area contributed by atoms with E-state index in [0.717, 1.165) is 29.7 Å². The smallest absolute Gasteiger partial charge is 0.0731 e. The van der Waals surface area contributed by atoms with Crippen LogP contribution >= 0.6 is 0 Å². The molecule has 0 amide bonds. The van der Waals surface area contributed by atoms with Crippen LogP contribution in [0.2, 0.25) is 0 Å². The minimum atomic E-state index is 0.569. The second kappa shape index (κ2) is 3.50. The lowest BCUT2D eigenvalue weighted by atomic mass is 9.48. The van der Waals surface area contributed by atoms with Gasteiger partial charge >= 0.3 is 0 Å². The molecule has 4 aliphatic rings. The quantitative estimate of drug-likeness (QED) is 0.709. The minimum Gasteiger partial charge on any atom is -0.475 e. The van der Waals surface area contributed by atoms with Gasteiger partial charge in [-0.2, -0.15) is 7.05 Å². The number of quaternary nitrogens is 1. The monoisotopic (exact) mass is 235 g/mol. The Morgan fingerprint density at radius 2 is 1.94 bits per heavy atom. The standard InChI is InChI=1S/C16H29N/c1-10(2)11-9-16(4)13-6-7-15(3,8-12(11)13)14(16)17-5/h10-14H,5-9,17H2,1-4H3/t11-,12-,13-,14-,15?,16+/m1/s1. The average Bonchev–Trinajstić information content (AvgIpc) is 2.48. The molecule has 0 heterocycles. The molecule has 0 aromatic rings. The van der Waals surface area contributed by atoms with Gasteiger partial charge in [0.15, 0.2) is 0 Å². The molecule has 2 N–H and O–H groups in total. The Kier molecular flexibility index (Phi) is 2.47. The lowest BCUT2D eigenvalue weighted by Crippen LogP contribution is -2.92. The fraction of sp³-hybridized carbons (Fsp3) is 0.938. The predicted molar refractivity (Wildman–Crippen MR) is 71.1 cm³/mol. The molecule has 4 aliphatic carbocycles. The van der Waals surface area contributed by atoms with Crippen LogP contribution in [0, 0.1) is 41.5 Å². The molecule has 0 spiro atoms. The highest BCUT2D eigenvalue weighted by atomic mass is 15.0. The molecule has 4 bridgehead atoms. The summed E-state index contributed by atoms with van der Waals surface area (Å²) in [5.74, 6) is 3.87. The maximum absolute atomic E-state index is 4.18. The van der Waals surface area contributed by atoms with Crippen LogP contribution in [0.3, 0.4) is 0 Å². The summed E-state index contributed by atoms with van der Waals surface area (Å²) in [6.07, 6.45) is 5.88. The molecular formula is C16H29N. The Balaban J connectivity index is 2.01. The molecule has 98 valence electrons. The van der Waals surface area contributed by atoms with Crippen molar-refractivity contribution < 1.29 is 5.32 Å². The lowest BCUT2D eigenvalue weighted by Gasteiger charge is -2.59. The summed E-state index contributed by atoms with van der Waals surface area (Å²) in [6, 6.07) is 0.772. The molecule has 1 heteroatoms. The summed E-state index contributed by atoms with van der Waals surface area (Å²) in [4.78, 5) is 0. The molecule has 4 rings (SSSR count). The molecule has 0 aliphatic heterocycles. The fourth-order valence-corrected chi connectivity index (χ4v) is 6.28. The molecule has 0 aromatic heterocycles. The third-order valence-corrected chi connectivity index (χ3v) is 6.87. The summed E-state index contributed by atoms with van der Waals surface area (Å²) in [5, 5.41) is 2.31. The molecule has 0 saturated heterocycles. The number of rotatable bonds is 2. The van der Waals surface area contributed by atoms with Crippen molar-refractivity contribution in [2.45, 2.75) is 59.4 Å². The third kappa shape index (κ3) is 1.35. The molecule has 6 atom stereocenters. The van der Waals surface area contributed by atoms with Crippen LogP contribution in [-0.2, 0) is 0 Å². The number of hydrogen-bond donors (Lipinski definition) is 1. The fourth-order valence-electron chi connectivity index (χ4n) is 6.28. The van der Waals surface area contributed by atoms with E-state index < -0.39 is 0 Å². The Morgan fingerprint density at radius 3 is 2.53 bits per heavy atom. The topological polar surface area (TPSA) is 16.6 Å². The molecular weight excluding hydrogens is 206 g/mol. The number of hydrogen-bond acceptors (Lipinski definition) is 0. The molecule has 4 saturated carbocycles. The van der Waals surface area contributed by atoms with Crippen molar-refractivity contribution in [2.75, 3.05) is 0 Å². The summed E-state index contributed by atoms with van der Waals surface area (Å²) in [5.41, 5.74) is 1.14. The molecule has 4 fully saturated rings. The zero-order valence-electron chi connectivity index (χ0n) is 12.0. The van der Waals surface area contributed by atoms with Crippen molar-refractivity contribution in [3.8, 4) is 0 Å². The first-order valence-corrected chi connectivity index (χ1v) is 7.55. The largest absolute Gasteiger partial charge is 0.475 e. The van der Waals surface area contributed by atoms with E-state index in [1.165, 1.54) is 25.7 Å². The molecule has 1 nitrogen and oxygen atoms in total. The first-order valence-electron chi connectivity index (χ1n) is 7.55. The summed E-state index contributed by atoms with van der Waals surface area (Å²) >= 11 is 0. The first-order chi connectivity index (χ1) is 7.92. The van der Waals surface area contributed by atoms with Crippen molar-refractivity contribution in [1.29, 1.82) is 0 Å². The van der Waals surface area contributed by atoms with E-state index in [4.69, 9.17) is 0 Å². The maximum atomic E-state index is 4.18. The van der Waals surface area contributed by atoms with E-state index in [-0.39, 0.29) is 0 Å². The van der Waals surface area contributed by atoms with E-state index in [2.05, 4.69) is 40.1 Å². The van der Waals surface area contributed by atoms with Gasteiger partial charge in [-0.05, 0) is 49.4 Å². The second-order valence-corrected chi connectivity index (χ2v) is 8.00. The number of fused-ring (bicyclic) bond motifs is 1. The van der Waals surface area contributed by atoms with Gasteiger partial charge in [-0.3, -0.25) is 0 Å². The molecule has 17 heavy (non-hydrogen) atoms. The van der Waals surface area contributed by atoms with Gasteiger partial charge in [0.1, 0.15) is 0 Å². The van der Waals surface area contributed by atoms with Gasteiger partial charge in [-0.15, -0.1) is 0 Å². The van der Waals surface area contributed by atoms with Crippen LogP contribution < -0.4 is 5.32 Å². The Labute approximate surface area is 107 Å². The van der Waals surface area contributed by atoms with E-state index in [0.29, 0.717) is 10.8 Å². The summed E-state index contributed by atoms with van der Waals surface area (Å²) in [7, 11) is 4.18. The highest BCUT2D eigenvalue weighted by Crippen LogP contribution is 2.69. The predicted octanol–water partition coefficient (Wildman–Crippen LogP) is 2.83. The van der Waals surface area contributed by atoms with Crippen LogP contribution in [-0.4, -0.2) is 6.04 Å². The highest BCUT2D eigenvalue weighted by molar-refractivity contribution is 5.15. The van der Waals surface area contributed by atoms with Crippen molar-refractivity contribution in [3.63, 3.8) is 0 Å². The van der Waals surface area contributed by atoms with Crippen LogP contribution in [0.5, 0.6) is 0 Å². The van der Waals surface area contributed by atoms with E-state index >= 15 is 0 Å². The van der Waals surface area contributed by atoms with Gasteiger partial charge in [0.05, 0.1) is 6.04 Å². The third-order valence-electron chi connectivity index (χ3n) is 6.87. The van der Waals surface area contributed by atoms with E-state index in [1.54, 1.807) is 0 Å². The lowest BCUT2D eigenvalue weighted by molar-refractivity contribution is -0.673. The van der Waals surface area contributed by atoms with Crippen molar-refractivity contribution in [1.82, 2.24) is 0 Å². The Hall–Kier alpha value is -0.0400. The maximum Gasteiger partial charge on any atom is 0.0731 e. The van der Waals surface area contributed by atoms with Crippen LogP contribution in [0.25, 0.3) is 0 Å². The van der Waals surface area contributed by atoms with Crippen LogP contribution in [0.1, 0.15) is 53.4 Å².